The number of thiazole rings is 1. The van der Waals surface area contributed by atoms with E-state index in [-0.39, 0.29) is 19.0 Å². The quantitative estimate of drug-likeness (QED) is 0.776. The van der Waals surface area contributed by atoms with Gasteiger partial charge < -0.3 is 14.4 Å². The second-order valence-electron chi connectivity index (χ2n) is 5.87. The predicted octanol–water partition coefficient (Wildman–Crippen LogP) is 1.25. The monoisotopic (exact) mass is 399 g/mol. The second kappa shape index (κ2) is 7.17. The van der Waals surface area contributed by atoms with Gasteiger partial charge in [0.2, 0.25) is 16.8 Å². The SMILES string of the molecule is CN(Cc1cscn1)C(=O)C1CCCN1S(=O)(=O)c1ccc(C(=O)O)o1. The Kier molecular flexibility index (Phi) is 5.12. The standard InChI is InChI=1S/C15H17N3O6S2/c1-17(7-10-8-25-9-16-10)14(19)11-3-2-6-18(11)26(22,23)13-5-4-12(24-13)15(20)21/h4-5,8-9,11H,2-3,6-7H2,1H3,(H,20,21). The van der Waals surface area contributed by atoms with E-state index in [1.165, 1.54) is 16.2 Å². The molecule has 0 aromatic carbocycles. The van der Waals surface area contributed by atoms with E-state index >= 15 is 0 Å². The molecule has 1 fully saturated rings. The van der Waals surface area contributed by atoms with Crippen LogP contribution in [0.2, 0.25) is 0 Å². The number of sulfonamides is 1. The van der Waals surface area contributed by atoms with Crippen LogP contribution in [0.1, 0.15) is 29.1 Å². The van der Waals surface area contributed by atoms with E-state index in [1.807, 2.05) is 5.38 Å². The van der Waals surface area contributed by atoms with Crippen LogP contribution in [0, 0.1) is 0 Å². The molecule has 9 nitrogen and oxygen atoms in total. The average Bonchev–Trinajstić information content (AvgIpc) is 3.33. The number of carboxylic acid groups (broad SMARTS) is 1. The second-order valence-corrected chi connectivity index (χ2v) is 8.41. The fourth-order valence-corrected chi connectivity index (χ4v) is 4.97. The van der Waals surface area contributed by atoms with E-state index in [1.54, 1.807) is 12.6 Å². The first-order chi connectivity index (χ1) is 12.3. The predicted molar refractivity (Wildman–Crippen MR) is 91.2 cm³/mol. The van der Waals surface area contributed by atoms with Crippen molar-refractivity contribution in [2.75, 3.05) is 13.6 Å². The number of carboxylic acids is 1. The minimum absolute atomic E-state index is 0.173. The fourth-order valence-electron chi connectivity index (χ4n) is 2.85. The van der Waals surface area contributed by atoms with Crippen molar-refractivity contribution in [1.29, 1.82) is 0 Å². The zero-order chi connectivity index (χ0) is 18.9. The van der Waals surface area contributed by atoms with Crippen LogP contribution in [-0.2, 0) is 21.4 Å². The number of aromatic nitrogens is 1. The number of hydrogen-bond acceptors (Lipinski definition) is 7. The molecule has 26 heavy (non-hydrogen) atoms. The molecule has 1 saturated heterocycles. The molecule has 0 aliphatic carbocycles. The summed E-state index contributed by atoms with van der Waals surface area (Å²) in [5, 5.41) is 10.2. The number of hydrogen-bond donors (Lipinski definition) is 1. The van der Waals surface area contributed by atoms with E-state index < -0.39 is 32.9 Å². The van der Waals surface area contributed by atoms with E-state index in [4.69, 9.17) is 9.52 Å². The molecule has 140 valence electrons. The van der Waals surface area contributed by atoms with E-state index in [0.717, 1.165) is 22.1 Å². The summed E-state index contributed by atoms with van der Waals surface area (Å²) in [5.74, 6) is -2.15. The zero-order valence-electron chi connectivity index (χ0n) is 13.9. The van der Waals surface area contributed by atoms with Crippen LogP contribution in [-0.4, -0.2) is 59.2 Å². The molecule has 2 aromatic heterocycles. The average molecular weight is 399 g/mol. The van der Waals surface area contributed by atoms with Crippen LogP contribution in [0.15, 0.2) is 32.5 Å². The summed E-state index contributed by atoms with van der Waals surface area (Å²) in [6.07, 6.45) is 0.929. The van der Waals surface area contributed by atoms with Gasteiger partial charge in [-0.3, -0.25) is 4.79 Å². The van der Waals surface area contributed by atoms with Crippen molar-refractivity contribution in [3.8, 4) is 0 Å². The van der Waals surface area contributed by atoms with Gasteiger partial charge in [-0.25, -0.2) is 18.2 Å². The summed E-state index contributed by atoms with van der Waals surface area (Å²) in [4.78, 5) is 29.2. The van der Waals surface area contributed by atoms with Crippen LogP contribution in [0.5, 0.6) is 0 Å². The number of nitrogens with zero attached hydrogens (tertiary/aromatic N) is 3. The summed E-state index contributed by atoms with van der Waals surface area (Å²) in [6, 6.07) is 1.33. The number of rotatable bonds is 6. The summed E-state index contributed by atoms with van der Waals surface area (Å²) in [5.41, 5.74) is 2.40. The maximum Gasteiger partial charge on any atom is 0.371 e. The molecular weight excluding hydrogens is 382 g/mol. The molecule has 0 saturated carbocycles. The number of likely N-dealkylation sites (N-methyl/N-ethyl adjacent to an activating group) is 1. The van der Waals surface area contributed by atoms with Crippen molar-refractivity contribution in [2.24, 2.45) is 0 Å². The fraction of sp³-hybridized carbons (Fsp3) is 0.400. The largest absolute Gasteiger partial charge is 0.475 e. The lowest BCUT2D eigenvalue weighted by atomic mass is 10.2. The maximum absolute atomic E-state index is 12.8. The van der Waals surface area contributed by atoms with Gasteiger partial charge >= 0.3 is 5.97 Å². The topological polar surface area (TPSA) is 121 Å². The summed E-state index contributed by atoms with van der Waals surface area (Å²) in [6.45, 7) is 0.461. The van der Waals surface area contributed by atoms with Gasteiger partial charge in [0.05, 0.1) is 17.7 Å². The van der Waals surface area contributed by atoms with Gasteiger partial charge in [0.25, 0.3) is 10.0 Å². The molecule has 3 heterocycles. The molecule has 11 heteroatoms. The number of amides is 1. The summed E-state index contributed by atoms with van der Waals surface area (Å²) in [7, 11) is -2.50. The molecule has 0 spiro atoms. The van der Waals surface area contributed by atoms with Crippen molar-refractivity contribution in [3.05, 3.63) is 34.5 Å². The first-order valence-corrected chi connectivity index (χ1v) is 10.2. The minimum Gasteiger partial charge on any atom is -0.475 e. The smallest absolute Gasteiger partial charge is 0.371 e. The summed E-state index contributed by atoms with van der Waals surface area (Å²) >= 11 is 1.42. The Hall–Kier alpha value is -2.24. The molecular formula is C15H17N3O6S2. The molecule has 3 rings (SSSR count). The highest BCUT2D eigenvalue weighted by Gasteiger charge is 2.42. The van der Waals surface area contributed by atoms with Crippen LogP contribution in [0.3, 0.4) is 0 Å². The van der Waals surface area contributed by atoms with Gasteiger partial charge in [0, 0.05) is 19.0 Å². The third-order valence-electron chi connectivity index (χ3n) is 4.10. The summed E-state index contributed by atoms with van der Waals surface area (Å²) < 4.78 is 31.6. The molecule has 1 amide bonds. The molecule has 2 aromatic rings. The molecule has 0 radical (unpaired) electrons. The van der Waals surface area contributed by atoms with Crippen LogP contribution in [0.4, 0.5) is 0 Å². The Balaban J connectivity index is 1.80. The Morgan fingerprint density at radius 3 is 2.85 bits per heavy atom. The third-order valence-corrected chi connectivity index (χ3v) is 6.52. The molecule has 1 aliphatic rings. The van der Waals surface area contributed by atoms with Crippen molar-refractivity contribution < 1.29 is 27.5 Å². The van der Waals surface area contributed by atoms with E-state index in [9.17, 15) is 18.0 Å². The molecule has 1 atom stereocenters. The highest BCUT2D eigenvalue weighted by Crippen LogP contribution is 2.28. The first-order valence-electron chi connectivity index (χ1n) is 7.77. The van der Waals surface area contributed by atoms with E-state index in [2.05, 4.69) is 4.98 Å². The first kappa shape index (κ1) is 18.5. The molecule has 0 bridgehead atoms. The lowest BCUT2D eigenvalue weighted by Gasteiger charge is -2.26. The maximum atomic E-state index is 12.8. The van der Waals surface area contributed by atoms with Crippen molar-refractivity contribution >= 4 is 33.2 Å². The highest BCUT2D eigenvalue weighted by atomic mass is 32.2. The third kappa shape index (κ3) is 3.50. The molecule has 1 N–H and O–H groups in total. The number of carbonyl (C=O) groups excluding carboxylic acids is 1. The van der Waals surface area contributed by atoms with Gasteiger partial charge in [0.1, 0.15) is 6.04 Å². The Morgan fingerprint density at radius 2 is 2.23 bits per heavy atom. The van der Waals surface area contributed by atoms with Gasteiger partial charge in [-0.2, -0.15) is 4.31 Å². The lowest BCUT2D eigenvalue weighted by Crippen LogP contribution is -2.46. The number of aromatic carboxylic acids is 1. The van der Waals surface area contributed by atoms with Gasteiger partial charge in [0.15, 0.2) is 0 Å². The number of carbonyl (C=O) groups is 2. The number of furan rings is 1. The normalized spacial score (nSPS) is 18.1. The van der Waals surface area contributed by atoms with Gasteiger partial charge in [-0.15, -0.1) is 11.3 Å². The highest BCUT2D eigenvalue weighted by molar-refractivity contribution is 7.89. The van der Waals surface area contributed by atoms with Crippen molar-refractivity contribution in [1.82, 2.24) is 14.2 Å². The van der Waals surface area contributed by atoms with E-state index in [0.29, 0.717) is 12.8 Å². The van der Waals surface area contributed by atoms with Crippen molar-refractivity contribution in [2.45, 2.75) is 30.5 Å². The van der Waals surface area contributed by atoms with Crippen molar-refractivity contribution in [3.63, 3.8) is 0 Å². The Morgan fingerprint density at radius 1 is 1.46 bits per heavy atom. The van der Waals surface area contributed by atoms with Gasteiger partial charge in [-0.1, -0.05) is 0 Å². The Bertz CT molecular complexity index is 906. The van der Waals surface area contributed by atoms with Crippen LogP contribution in [0.25, 0.3) is 0 Å². The molecule has 1 aliphatic heterocycles. The molecule has 1 unspecified atom stereocenters. The van der Waals surface area contributed by atoms with Gasteiger partial charge in [-0.05, 0) is 25.0 Å². The minimum atomic E-state index is -4.10. The van der Waals surface area contributed by atoms with Crippen LogP contribution < -0.4 is 0 Å². The van der Waals surface area contributed by atoms with Crippen LogP contribution >= 0.6 is 11.3 Å². The lowest BCUT2D eigenvalue weighted by molar-refractivity contribution is -0.133. The zero-order valence-corrected chi connectivity index (χ0v) is 15.5. The Labute approximate surface area is 153 Å².